The van der Waals surface area contributed by atoms with Gasteiger partial charge in [-0.2, -0.15) is 0 Å². The van der Waals surface area contributed by atoms with E-state index in [0.29, 0.717) is 0 Å². The van der Waals surface area contributed by atoms with Gasteiger partial charge in [-0.15, -0.1) is 0 Å². The van der Waals surface area contributed by atoms with Crippen molar-refractivity contribution >= 4 is 70.9 Å². The lowest BCUT2D eigenvalue weighted by molar-refractivity contribution is 0.660. The molecule has 1 aliphatic carbocycles. The Balaban J connectivity index is 1.03. The molecule has 282 valence electrons. The second-order valence-electron chi connectivity index (χ2n) is 16.8. The van der Waals surface area contributed by atoms with Crippen LogP contribution in [-0.4, -0.2) is 0 Å². The van der Waals surface area contributed by atoms with E-state index in [1.54, 1.807) is 0 Å². The Morgan fingerprint density at radius 1 is 0.300 bits per heavy atom. The Morgan fingerprint density at radius 2 is 0.750 bits per heavy atom. The molecular weight excluding hydrogens is 723 g/mol. The minimum absolute atomic E-state index is 0.0630. The molecule has 0 saturated carbocycles. The molecule has 0 atom stereocenters. The second-order valence-corrected chi connectivity index (χ2v) is 16.8. The summed E-state index contributed by atoms with van der Waals surface area (Å²) in [7, 11) is 0. The monoisotopic (exact) mass is 763 g/mol. The van der Waals surface area contributed by atoms with E-state index in [1.807, 2.05) is 0 Å². The smallest absolute Gasteiger partial charge is 0.0540 e. The Hall–Kier alpha value is -7.48. The van der Waals surface area contributed by atoms with Gasteiger partial charge in [0.1, 0.15) is 0 Å². The van der Waals surface area contributed by atoms with Crippen molar-refractivity contribution in [3.8, 4) is 33.4 Å². The molecule has 0 N–H and O–H groups in total. The summed E-state index contributed by atoms with van der Waals surface area (Å²) in [5.41, 5.74) is 13.9. The molecule has 11 aromatic rings. The molecule has 0 radical (unpaired) electrons. The van der Waals surface area contributed by atoms with Gasteiger partial charge in [-0.25, -0.2) is 0 Å². The molecule has 0 spiro atoms. The molecule has 0 amide bonds. The largest absolute Gasteiger partial charge is 0.309 e. The lowest BCUT2D eigenvalue weighted by Gasteiger charge is -2.28. The van der Waals surface area contributed by atoms with Gasteiger partial charge in [-0.05, 0) is 130 Å². The fourth-order valence-corrected chi connectivity index (χ4v) is 10.3. The molecule has 1 nitrogen and oxygen atoms in total. The summed E-state index contributed by atoms with van der Waals surface area (Å²) < 4.78 is 0. The summed E-state index contributed by atoms with van der Waals surface area (Å²) in [6, 6.07) is 78.7. The van der Waals surface area contributed by atoms with E-state index in [1.165, 1.54) is 98.4 Å². The minimum Gasteiger partial charge on any atom is -0.309 e. The van der Waals surface area contributed by atoms with Crippen LogP contribution < -0.4 is 4.90 Å². The van der Waals surface area contributed by atoms with Crippen LogP contribution in [0.25, 0.3) is 87.2 Å². The molecule has 12 rings (SSSR count). The summed E-state index contributed by atoms with van der Waals surface area (Å²) in [4.78, 5) is 2.43. The molecule has 0 unspecified atom stereocenters. The van der Waals surface area contributed by atoms with Crippen LogP contribution in [0.4, 0.5) is 17.1 Å². The lowest BCUT2D eigenvalue weighted by Crippen LogP contribution is -2.14. The number of rotatable bonds is 5. The average Bonchev–Trinajstić information content (AvgIpc) is 3.54. The zero-order valence-corrected chi connectivity index (χ0v) is 33.7. The predicted molar refractivity (Wildman–Crippen MR) is 257 cm³/mol. The highest BCUT2D eigenvalue weighted by atomic mass is 15.1. The van der Waals surface area contributed by atoms with Crippen LogP contribution in [0.2, 0.25) is 0 Å². The maximum atomic E-state index is 2.46. The van der Waals surface area contributed by atoms with Crippen LogP contribution in [0.1, 0.15) is 25.0 Å². The van der Waals surface area contributed by atoms with Crippen LogP contribution >= 0.6 is 0 Å². The average molecular weight is 764 g/mol. The number of anilines is 3. The topological polar surface area (TPSA) is 3.24 Å². The number of benzene rings is 11. The van der Waals surface area contributed by atoms with Crippen molar-refractivity contribution in [2.24, 2.45) is 0 Å². The molecule has 1 aliphatic rings. The van der Waals surface area contributed by atoms with E-state index in [9.17, 15) is 0 Å². The molecule has 11 aromatic carbocycles. The third-order valence-corrected chi connectivity index (χ3v) is 13.2. The highest BCUT2D eigenvalue weighted by molar-refractivity contribution is 6.24. The van der Waals surface area contributed by atoms with Crippen LogP contribution in [0, 0.1) is 0 Å². The summed E-state index contributed by atoms with van der Waals surface area (Å²) >= 11 is 0. The Labute approximate surface area is 350 Å². The predicted octanol–water partition coefficient (Wildman–Crippen LogP) is 16.6. The van der Waals surface area contributed by atoms with Gasteiger partial charge < -0.3 is 4.90 Å². The van der Waals surface area contributed by atoms with Gasteiger partial charge in [-0.1, -0.05) is 184 Å². The maximum absolute atomic E-state index is 2.46. The fraction of sp³-hybridized carbons (Fsp3) is 0.0508. The van der Waals surface area contributed by atoms with Crippen molar-refractivity contribution in [3.63, 3.8) is 0 Å². The first-order valence-corrected chi connectivity index (χ1v) is 21.0. The molecule has 0 aliphatic heterocycles. The Kier molecular flexibility index (Phi) is 7.65. The van der Waals surface area contributed by atoms with E-state index in [4.69, 9.17) is 0 Å². The molecule has 0 heterocycles. The fourth-order valence-electron chi connectivity index (χ4n) is 10.3. The van der Waals surface area contributed by atoms with E-state index >= 15 is 0 Å². The van der Waals surface area contributed by atoms with Crippen LogP contribution in [0.3, 0.4) is 0 Å². The lowest BCUT2D eigenvalue weighted by atomic mass is 9.81. The minimum atomic E-state index is -0.0630. The van der Waals surface area contributed by atoms with Crippen molar-refractivity contribution in [2.75, 3.05) is 4.90 Å². The first kappa shape index (κ1) is 34.6. The number of fused-ring (bicyclic) bond motifs is 10. The van der Waals surface area contributed by atoms with Gasteiger partial charge in [0.15, 0.2) is 0 Å². The van der Waals surface area contributed by atoms with Gasteiger partial charge in [-0.3, -0.25) is 0 Å². The molecule has 0 saturated heterocycles. The van der Waals surface area contributed by atoms with Gasteiger partial charge in [0.2, 0.25) is 0 Å². The third kappa shape index (κ3) is 5.19. The van der Waals surface area contributed by atoms with Crippen LogP contribution in [-0.2, 0) is 5.41 Å². The second kappa shape index (κ2) is 13.3. The summed E-state index contributed by atoms with van der Waals surface area (Å²) in [5.74, 6) is 0. The van der Waals surface area contributed by atoms with Crippen molar-refractivity contribution in [3.05, 3.63) is 223 Å². The zero-order valence-electron chi connectivity index (χ0n) is 33.7. The number of hydrogen-bond acceptors (Lipinski definition) is 1. The zero-order chi connectivity index (χ0) is 40.0. The van der Waals surface area contributed by atoms with Gasteiger partial charge >= 0.3 is 0 Å². The van der Waals surface area contributed by atoms with Crippen molar-refractivity contribution in [1.82, 2.24) is 0 Å². The van der Waals surface area contributed by atoms with Crippen molar-refractivity contribution < 1.29 is 0 Å². The maximum Gasteiger partial charge on any atom is 0.0540 e. The van der Waals surface area contributed by atoms with Crippen molar-refractivity contribution in [1.29, 1.82) is 0 Å². The van der Waals surface area contributed by atoms with Crippen molar-refractivity contribution in [2.45, 2.75) is 19.3 Å². The summed E-state index contributed by atoms with van der Waals surface area (Å²) in [6.45, 7) is 4.73. The van der Waals surface area contributed by atoms with E-state index in [2.05, 4.69) is 231 Å². The molecule has 0 aromatic heterocycles. The van der Waals surface area contributed by atoms with Gasteiger partial charge in [0.25, 0.3) is 0 Å². The van der Waals surface area contributed by atoms with Gasteiger partial charge in [0, 0.05) is 21.9 Å². The van der Waals surface area contributed by atoms with E-state index in [0.717, 1.165) is 17.1 Å². The standard InChI is InChI=1S/C59H41N/c1-59(2)55-26-12-11-25-49(55)50-34-31-41(35-56(50)59)52-37-54-47-23-9-7-21-45(47)51(36-53(54)48-24-10-8-22-46(48)52)40-29-32-42(33-30-40)60(57-27-13-17-38-15-3-5-19-43(38)57)58-28-14-18-39-16-4-6-20-44(39)58/h3-37H,1-2H3. The highest BCUT2D eigenvalue weighted by Crippen LogP contribution is 2.51. The Bertz CT molecular complexity index is 3430. The molecule has 0 fully saturated rings. The highest BCUT2D eigenvalue weighted by Gasteiger charge is 2.35. The normalized spacial score (nSPS) is 13.0. The third-order valence-electron chi connectivity index (χ3n) is 13.2. The van der Waals surface area contributed by atoms with E-state index < -0.39 is 0 Å². The molecule has 0 bridgehead atoms. The number of hydrogen-bond donors (Lipinski definition) is 0. The summed E-state index contributed by atoms with van der Waals surface area (Å²) in [5, 5.41) is 12.5. The number of nitrogens with zero attached hydrogens (tertiary/aromatic N) is 1. The summed E-state index contributed by atoms with van der Waals surface area (Å²) in [6.07, 6.45) is 0. The molecule has 1 heteroatoms. The Morgan fingerprint density at radius 3 is 1.35 bits per heavy atom. The van der Waals surface area contributed by atoms with E-state index in [-0.39, 0.29) is 5.41 Å². The first-order valence-electron chi connectivity index (χ1n) is 21.0. The SMILES string of the molecule is CC1(C)c2ccccc2-c2ccc(-c3cc4c5ccccc5c(-c5ccc(N(c6cccc7ccccc67)c6cccc7ccccc67)cc5)cc4c4ccccc34)cc21. The van der Waals surface area contributed by atoms with Crippen LogP contribution in [0.5, 0.6) is 0 Å². The quantitative estimate of drug-likeness (QED) is 0.158. The molecule has 60 heavy (non-hydrogen) atoms. The first-order chi connectivity index (χ1) is 29.5. The van der Waals surface area contributed by atoms with Crippen LogP contribution in [0.15, 0.2) is 212 Å². The van der Waals surface area contributed by atoms with Gasteiger partial charge in [0.05, 0.1) is 11.4 Å². The molecular formula is C59H41N.